The van der Waals surface area contributed by atoms with Crippen LogP contribution in [0.2, 0.25) is 0 Å². The van der Waals surface area contributed by atoms with Gasteiger partial charge in [-0.25, -0.2) is 0 Å². The second-order valence-corrected chi connectivity index (χ2v) is 8.46. The number of Topliss-reactive ketones (excluding diaryl/α,β-unsaturated/α-hetero) is 1. The number of hydrogen-bond donors (Lipinski definition) is 1. The van der Waals surface area contributed by atoms with Crippen LogP contribution in [0.25, 0.3) is 16.6 Å². The molecule has 4 aromatic rings. The molecule has 6 nitrogen and oxygen atoms in total. The highest BCUT2D eigenvalue weighted by Gasteiger charge is 2.20. The number of aromatic nitrogens is 4. The van der Waals surface area contributed by atoms with Crippen LogP contribution in [-0.2, 0) is 6.54 Å². The Morgan fingerprint density at radius 2 is 1.77 bits per heavy atom. The van der Waals surface area contributed by atoms with E-state index in [0.29, 0.717) is 5.75 Å². The van der Waals surface area contributed by atoms with E-state index in [4.69, 9.17) is 0 Å². The summed E-state index contributed by atoms with van der Waals surface area (Å²) in [7, 11) is 0. The molecule has 0 radical (unpaired) electrons. The monoisotopic (exact) mass is 417 g/mol. The Hall–Kier alpha value is -2.90. The fourth-order valence-electron chi connectivity index (χ4n) is 3.98. The predicted octanol–water partition coefficient (Wildman–Crippen LogP) is 4.32. The molecule has 1 aliphatic rings. The summed E-state index contributed by atoms with van der Waals surface area (Å²) in [4.78, 5) is 18.5. The molecule has 30 heavy (non-hydrogen) atoms. The summed E-state index contributed by atoms with van der Waals surface area (Å²) in [5, 5.41) is 10.6. The molecule has 0 aliphatic carbocycles. The van der Waals surface area contributed by atoms with Crippen molar-refractivity contribution < 1.29 is 4.79 Å². The minimum absolute atomic E-state index is 0.0844. The van der Waals surface area contributed by atoms with Crippen LogP contribution in [0.4, 0.5) is 0 Å². The molecule has 1 N–H and O–H groups in total. The van der Waals surface area contributed by atoms with Crippen LogP contribution >= 0.6 is 11.8 Å². The molecule has 0 spiro atoms. The molecule has 0 amide bonds. The maximum absolute atomic E-state index is 12.9. The Morgan fingerprint density at radius 1 is 1.00 bits per heavy atom. The van der Waals surface area contributed by atoms with E-state index in [1.54, 1.807) is 6.20 Å². The quantitative estimate of drug-likeness (QED) is 0.358. The maximum atomic E-state index is 12.9. The summed E-state index contributed by atoms with van der Waals surface area (Å²) in [6.45, 7) is 2.98. The number of rotatable bonds is 7. The minimum atomic E-state index is 0.0844. The number of carbonyl (C=O) groups is 1. The zero-order valence-electron chi connectivity index (χ0n) is 16.6. The van der Waals surface area contributed by atoms with Gasteiger partial charge in [-0.1, -0.05) is 48.2 Å². The number of nitrogens with zero attached hydrogens (tertiary/aromatic N) is 4. The Labute approximate surface area is 179 Å². The van der Waals surface area contributed by atoms with Gasteiger partial charge in [-0.2, -0.15) is 0 Å². The molecule has 0 bridgehead atoms. The molecular weight excluding hydrogens is 394 g/mol. The van der Waals surface area contributed by atoms with Crippen molar-refractivity contribution in [2.75, 3.05) is 18.8 Å². The van der Waals surface area contributed by atoms with E-state index in [9.17, 15) is 4.79 Å². The normalized spacial score (nSPS) is 14.5. The van der Waals surface area contributed by atoms with Gasteiger partial charge in [0.05, 0.1) is 12.3 Å². The fourth-order valence-corrected chi connectivity index (χ4v) is 4.84. The number of nitrogens with one attached hydrogen (secondary N) is 1. The molecule has 5 rings (SSSR count). The summed E-state index contributed by atoms with van der Waals surface area (Å²) in [6.07, 6.45) is 4.27. The SMILES string of the molecule is O=C(CSc1nnc(CN2CCCC2)n1-c1ccccc1)c1c[nH]c2ccccc12. The van der Waals surface area contributed by atoms with Gasteiger partial charge in [-0.3, -0.25) is 14.3 Å². The van der Waals surface area contributed by atoms with E-state index >= 15 is 0 Å². The first-order chi connectivity index (χ1) is 14.8. The van der Waals surface area contributed by atoms with Gasteiger partial charge in [0.25, 0.3) is 0 Å². The number of thioether (sulfide) groups is 1. The first kappa shape index (κ1) is 19.1. The highest BCUT2D eigenvalue weighted by molar-refractivity contribution is 7.99. The summed E-state index contributed by atoms with van der Waals surface area (Å²) in [6, 6.07) is 18.0. The summed E-state index contributed by atoms with van der Waals surface area (Å²) in [5.74, 6) is 1.32. The molecular formula is C23H23N5OS. The van der Waals surface area contributed by atoms with Crippen LogP contribution in [0, 0.1) is 0 Å². The van der Waals surface area contributed by atoms with E-state index in [-0.39, 0.29) is 5.78 Å². The second kappa shape index (κ2) is 8.45. The lowest BCUT2D eigenvalue weighted by molar-refractivity contribution is 0.102. The van der Waals surface area contributed by atoms with Crippen molar-refractivity contribution in [3.05, 3.63) is 72.2 Å². The van der Waals surface area contributed by atoms with E-state index in [1.165, 1.54) is 24.6 Å². The van der Waals surface area contributed by atoms with Gasteiger partial charge in [0.2, 0.25) is 0 Å². The molecule has 152 valence electrons. The Bertz CT molecular complexity index is 1160. The summed E-state index contributed by atoms with van der Waals surface area (Å²) < 4.78 is 2.09. The van der Waals surface area contributed by atoms with Gasteiger partial charge in [0, 0.05) is 28.4 Å². The molecule has 0 atom stereocenters. The third kappa shape index (κ3) is 3.78. The van der Waals surface area contributed by atoms with Crippen LogP contribution in [-0.4, -0.2) is 49.3 Å². The molecule has 3 heterocycles. The number of likely N-dealkylation sites (tertiary alicyclic amines) is 1. The molecule has 1 fully saturated rings. The third-order valence-corrected chi connectivity index (χ3v) is 6.43. The van der Waals surface area contributed by atoms with Crippen molar-refractivity contribution in [2.45, 2.75) is 24.5 Å². The Balaban J connectivity index is 1.39. The van der Waals surface area contributed by atoms with Crippen LogP contribution in [0.3, 0.4) is 0 Å². The van der Waals surface area contributed by atoms with E-state index in [2.05, 4.69) is 36.8 Å². The van der Waals surface area contributed by atoms with Crippen LogP contribution < -0.4 is 0 Å². The maximum Gasteiger partial charge on any atom is 0.196 e. The fraction of sp³-hybridized carbons (Fsp3) is 0.261. The van der Waals surface area contributed by atoms with Gasteiger partial charge in [-0.15, -0.1) is 10.2 Å². The van der Waals surface area contributed by atoms with E-state index < -0.39 is 0 Å². The van der Waals surface area contributed by atoms with Crippen LogP contribution in [0.5, 0.6) is 0 Å². The number of hydrogen-bond acceptors (Lipinski definition) is 5. The van der Waals surface area contributed by atoms with Crippen molar-refractivity contribution in [3.8, 4) is 5.69 Å². The Morgan fingerprint density at radius 3 is 2.60 bits per heavy atom. The molecule has 2 aromatic carbocycles. The first-order valence-electron chi connectivity index (χ1n) is 10.2. The van der Waals surface area contributed by atoms with Gasteiger partial charge < -0.3 is 4.98 Å². The number of ketones is 1. The highest BCUT2D eigenvalue weighted by Crippen LogP contribution is 2.26. The molecule has 0 unspecified atom stereocenters. The van der Waals surface area contributed by atoms with Crippen molar-refractivity contribution >= 4 is 28.4 Å². The van der Waals surface area contributed by atoms with Crippen molar-refractivity contribution in [2.24, 2.45) is 0 Å². The lowest BCUT2D eigenvalue weighted by Crippen LogP contribution is -2.21. The summed E-state index contributed by atoms with van der Waals surface area (Å²) in [5.41, 5.74) is 2.73. The van der Waals surface area contributed by atoms with Gasteiger partial charge in [0.15, 0.2) is 16.8 Å². The van der Waals surface area contributed by atoms with Gasteiger partial charge in [-0.05, 0) is 44.1 Å². The first-order valence-corrected chi connectivity index (χ1v) is 11.2. The van der Waals surface area contributed by atoms with Gasteiger partial charge in [0.1, 0.15) is 0 Å². The standard InChI is InChI=1S/C23H23N5OS/c29-21(19-14-24-20-11-5-4-10-18(19)20)16-30-23-26-25-22(15-27-12-6-7-13-27)28(23)17-8-2-1-3-9-17/h1-5,8-11,14,24H,6-7,12-13,15-16H2. The van der Waals surface area contributed by atoms with E-state index in [1.807, 2.05) is 42.5 Å². The number of aromatic amines is 1. The molecule has 0 saturated carbocycles. The van der Waals surface area contributed by atoms with Crippen molar-refractivity contribution in [1.29, 1.82) is 0 Å². The van der Waals surface area contributed by atoms with Crippen LogP contribution in [0.1, 0.15) is 29.0 Å². The lowest BCUT2D eigenvalue weighted by Gasteiger charge is -2.15. The van der Waals surface area contributed by atoms with Crippen LogP contribution in [0.15, 0.2) is 66.0 Å². The smallest absolute Gasteiger partial charge is 0.196 e. The number of carbonyl (C=O) groups excluding carboxylic acids is 1. The largest absolute Gasteiger partial charge is 0.360 e. The number of fused-ring (bicyclic) bond motifs is 1. The van der Waals surface area contributed by atoms with Gasteiger partial charge >= 0.3 is 0 Å². The topological polar surface area (TPSA) is 66.8 Å². The lowest BCUT2D eigenvalue weighted by atomic mass is 10.1. The zero-order chi connectivity index (χ0) is 20.3. The third-order valence-electron chi connectivity index (χ3n) is 5.50. The highest BCUT2D eigenvalue weighted by atomic mass is 32.2. The minimum Gasteiger partial charge on any atom is -0.360 e. The number of H-pyrrole nitrogens is 1. The average molecular weight is 418 g/mol. The Kier molecular flexibility index (Phi) is 5.38. The molecule has 7 heteroatoms. The number of para-hydroxylation sites is 2. The second-order valence-electron chi connectivity index (χ2n) is 7.51. The van der Waals surface area contributed by atoms with E-state index in [0.717, 1.165) is 52.8 Å². The summed E-state index contributed by atoms with van der Waals surface area (Å²) >= 11 is 1.44. The predicted molar refractivity (Wildman–Crippen MR) is 119 cm³/mol. The molecule has 1 saturated heterocycles. The van der Waals surface area contributed by atoms with Crippen molar-refractivity contribution in [1.82, 2.24) is 24.6 Å². The zero-order valence-corrected chi connectivity index (χ0v) is 17.4. The van der Waals surface area contributed by atoms with Crippen molar-refractivity contribution in [3.63, 3.8) is 0 Å². The number of benzene rings is 2. The molecule has 1 aliphatic heterocycles. The average Bonchev–Trinajstić information content (AvgIpc) is 3.53. The molecule has 2 aromatic heterocycles.